The van der Waals surface area contributed by atoms with Gasteiger partial charge in [-0.1, -0.05) is 25.8 Å². The highest BCUT2D eigenvalue weighted by Crippen LogP contribution is 2.45. The van der Waals surface area contributed by atoms with E-state index in [0.29, 0.717) is 30.4 Å². The molecule has 1 aromatic carbocycles. The molecule has 2 N–H and O–H groups in total. The van der Waals surface area contributed by atoms with Crippen molar-refractivity contribution in [3.63, 3.8) is 0 Å². The highest BCUT2D eigenvalue weighted by Gasteiger charge is 2.42. The average Bonchev–Trinajstić information content (AvgIpc) is 3.11. The van der Waals surface area contributed by atoms with Gasteiger partial charge in [-0.2, -0.15) is 0 Å². The number of aromatic hydroxyl groups is 1. The van der Waals surface area contributed by atoms with Crippen LogP contribution in [0, 0.1) is 11.8 Å². The summed E-state index contributed by atoms with van der Waals surface area (Å²) in [5, 5.41) is 21.4. The molecule has 5 atom stereocenters. The number of hydrogen-bond acceptors (Lipinski definition) is 5. The van der Waals surface area contributed by atoms with Gasteiger partial charge < -0.3 is 19.7 Å². The molecule has 4 rings (SSSR count). The second kappa shape index (κ2) is 10.0. The molecule has 2 saturated carbocycles. The zero-order valence-electron chi connectivity index (χ0n) is 19.8. The van der Waals surface area contributed by atoms with Gasteiger partial charge in [-0.05, 0) is 87.7 Å². The number of esters is 1. The molecule has 0 saturated heterocycles. The second-order valence-corrected chi connectivity index (χ2v) is 10.4. The monoisotopic (exact) mass is 444 g/mol. The fraction of sp³-hybridized carbons (Fsp3) is 0.741. The predicted molar refractivity (Wildman–Crippen MR) is 124 cm³/mol. The van der Waals surface area contributed by atoms with Crippen LogP contribution in [0.1, 0.15) is 95.6 Å². The number of fused-ring (bicyclic) bond motifs is 2. The number of aliphatic hydroxyl groups is 1. The van der Waals surface area contributed by atoms with E-state index in [0.717, 1.165) is 63.4 Å². The van der Waals surface area contributed by atoms with E-state index >= 15 is 0 Å². The van der Waals surface area contributed by atoms with Crippen LogP contribution in [0.2, 0.25) is 0 Å². The van der Waals surface area contributed by atoms with Gasteiger partial charge in [0.05, 0.1) is 6.10 Å². The zero-order valence-corrected chi connectivity index (χ0v) is 19.8. The van der Waals surface area contributed by atoms with Crippen LogP contribution in [0.15, 0.2) is 12.1 Å². The summed E-state index contributed by atoms with van der Waals surface area (Å²) in [4.78, 5) is 12.0. The molecular weight excluding hydrogens is 404 g/mol. The van der Waals surface area contributed by atoms with E-state index in [2.05, 4.69) is 6.92 Å². The Hall–Kier alpha value is -1.75. The lowest BCUT2D eigenvalue weighted by molar-refractivity contribution is -0.168. The molecule has 0 radical (unpaired) electrons. The maximum Gasteiger partial charge on any atom is 0.303 e. The number of carbonyl (C=O) groups excluding carboxylic acids is 1. The summed E-state index contributed by atoms with van der Waals surface area (Å²) in [5.74, 6) is 1.51. The van der Waals surface area contributed by atoms with E-state index in [1.807, 2.05) is 6.07 Å². The molecule has 1 aromatic rings. The van der Waals surface area contributed by atoms with Crippen molar-refractivity contribution in [3.05, 3.63) is 23.3 Å². The largest absolute Gasteiger partial charge is 0.504 e. The predicted octanol–water partition coefficient (Wildman–Crippen LogP) is 5.47. The summed E-state index contributed by atoms with van der Waals surface area (Å²) in [5.41, 5.74) is 1.68. The quantitative estimate of drug-likeness (QED) is 0.545. The van der Waals surface area contributed by atoms with Crippen molar-refractivity contribution in [2.45, 2.75) is 115 Å². The summed E-state index contributed by atoms with van der Waals surface area (Å²) in [7, 11) is 0. The summed E-state index contributed by atoms with van der Waals surface area (Å²) in [6.45, 7) is 3.65. The van der Waals surface area contributed by atoms with Crippen molar-refractivity contribution in [2.24, 2.45) is 11.8 Å². The van der Waals surface area contributed by atoms with E-state index in [9.17, 15) is 15.0 Å². The first-order valence-electron chi connectivity index (χ1n) is 12.8. The van der Waals surface area contributed by atoms with Gasteiger partial charge in [-0.25, -0.2) is 0 Å². The Bertz CT molecular complexity index is 805. The van der Waals surface area contributed by atoms with Gasteiger partial charge in [-0.15, -0.1) is 0 Å². The van der Waals surface area contributed by atoms with Crippen LogP contribution in [0.25, 0.3) is 0 Å². The third-order valence-corrected chi connectivity index (χ3v) is 8.20. The van der Waals surface area contributed by atoms with Crippen LogP contribution < -0.4 is 4.74 Å². The third-order valence-electron chi connectivity index (χ3n) is 8.20. The minimum absolute atomic E-state index is 0.221. The molecule has 2 aliphatic carbocycles. The normalized spacial score (nSPS) is 31.8. The van der Waals surface area contributed by atoms with E-state index in [1.54, 1.807) is 6.07 Å². The third kappa shape index (κ3) is 5.08. The molecule has 0 spiro atoms. The van der Waals surface area contributed by atoms with Crippen molar-refractivity contribution in [2.75, 3.05) is 0 Å². The van der Waals surface area contributed by atoms with Gasteiger partial charge in [0.2, 0.25) is 0 Å². The number of hydrogen-bond donors (Lipinski definition) is 2. The Labute approximate surface area is 192 Å². The molecule has 5 nitrogen and oxygen atoms in total. The van der Waals surface area contributed by atoms with Gasteiger partial charge in [0, 0.05) is 18.9 Å². The number of unbranched alkanes of at least 4 members (excludes halogenated alkanes) is 1. The molecule has 1 heterocycles. The first-order valence-corrected chi connectivity index (χ1v) is 12.8. The second-order valence-electron chi connectivity index (χ2n) is 10.4. The summed E-state index contributed by atoms with van der Waals surface area (Å²) in [6.07, 6.45) is 12.3. The molecule has 5 heteroatoms. The fourth-order valence-electron chi connectivity index (χ4n) is 6.40. The number of carbonyl (C=O) groups is 1. The van der Waals surface area contributed by atoms with E-state index in [1.165, 1.54) is 25.3 Å². The van der Waals surface area contributed by atoms with Crippen LogP contribution in [0.3, 0.4) is 0 Å². The highest BCUT2D eigenvalue weighted by molar-refractivity contribution is 5.66. The fourth-order valence-corrected chi connectivity index (χ4v) is 6.40. The Morgan fingerprint density at radius 2 is 2.09 bits per heavy atom. The Morgan fingerprint density at radius 1 is 1.25 bits per heavy atom. The zero-order chi connectivity index (χ0) is 22.7. The van der Waals surface area contributed by atoms with Crippen molar-refractivity contribution in [1.29, 1.82) is 0 Å². The highest BCUT2D eigenvalue weighted by atomic mass is 16.6. The number of aliphatic hydroxyl groups excluding tert-OH is 1. The van der Waals surface area contributed by atoms with Gasteiger partial charge in [0.1, 0.15) is 11.7 Å². The molecular formula is C27H40O5. The molecule has 32 heavy (non-hydrogen) atoms. The van der Waals surface area contributed by atoms with Crippen LogP contribution in [0.5, 0.6) is 11.5 Å². The SMILES string of the molecule is CCCC[C@H]1CC[C@](CCc2ccc(O)c3c2CC[C@@H]2CCC[C@@H]2O3)(OC(C)=O)C[C@H]1O. The number of rotatable bonds is 7. The number of ether oxygens (including phenoxy) is 2. The molecule has 178 valence electrons. The number of aryl methyl sites for hydroxylation is 1. The molecule has 0 unspecified atom stereocenters. The Morgan fingerprint density at radius 3 is 2.84 bits per heavy atom. The minimum Gasteiger partial charge on any atom is -0.504 e. The number of phenolic OH excluding ortho intramolecular Hbond substituents is 1. The molecule has 0 aromatic heterocycles. The topological polar surface area (TPSA) is 76.0 Å². The Kier molecular flexibility index (Phi) is 7.34. The van der Waals surface area contributed by atoms with Crippen molar-refractivity contribution >= 4 is 5.97 Å². The molecule has 2 fully saturated rings. The Balaban J connectivity index is 1.50. The van der Waals surface area contributed by atoms with E-state index in [-0.39, 0.29) is 17.8 Å². The molecule has 3 aliphatic rings. The molecule has 0 bridgehead atoms. The molecule has 1 aliphatic heterocycles. The average molecular weight is 445 g/mol. The maximum atomic E-state index is 12.0. The minimum atomic E-state index is -0.610. The van der Waals surface area contributed by atoms with Gasteiger partial charge >= 0.3 is 5.97 Å². The number of benzene rings is 1. The summed E-state index contributed by atoms with van der Waals surface area (Å²) in [6, 6.07) is 3.75. The smallest absolute Gasteiger partial charge is 0.303 e. The summed E-state index contributed by atoms with van der Waals surface area (Å²) >= 11 is 0. The van der Waals surface area contributed by atoms with Crippen molar-refractivity contribution in [1.82, 2.24) is 0 Å². The lowest BCUT2D eigenvalue weighted by Crippen LogP contribution is -2.45. The first-order chi connectivity index (χ1) is 15.4. The van der Waals surface area contributed by atoms with Gasteiger partial charge in [0.15, 0.2) is 11.5 Å². The lowest BCUT2D eigenvalue weighted by Gasteiger charge is -2.42. The maximum absolute atomic E-state index is 12.0. The molecule has 0 amide bonds. The first kappa shape index (κ1) is 23.4. The number of phenols is 1. The van der Waals surface area contributed by atoms with Crippen molar-refractivity contribution < 1.29 is 24.5 Å². The van der Waals surface area contributed by atoms with Crippen LogP contribution >= 0.6 is 0 Å². The van der Waals surface area contributed by atoms with Crippen molar-refractivity contribution in [3.8, 4) is 11.5 Å². The van der Waals surface area contributed by atoms with Crippen LogP contribution in [-0.2, 0) is 22.4 Å². The summed E-state index contributed by atoms with van der Waals surface area (Å²) < 4.78 is 12.2. The van der Waals surface area contributed by atoms with Gasteiger partial charge in [0.25, 0.3) is 0 Å². The van der Waals surface area contributed by atoms with Crippen LogP contribution in [-0.4, -0.2) is 34.0 Å². The lowest BCUT2D eigenvalue weighted by atomic mass is 9.72. The standard InChI is InChI=1S/C27H40O5/c1-3-4-6-20-14-16-27(17-24(20)30,32-18(2)28)15-13-19-10-12-23(29)26-22(19)11-9-21-7-5-8-25(21)31-26/h10,12,20-21,24-25,29-30H,3-9,11,13-17H2,1-2H3/t20-,21-,24+,25-,27-/m0/s1. The van der Waals surface area contributed by atoms with Crippen LogP contribution in [0.4, 0.5) is 0 Å². The van der Waals surface area contributed by atoms with Gasteiger partial charge in [-0.3, -0.25) is 4.79 Å². The van der Waals surface area contributed by atoms with E-state index < -0.39 is 11.7 Å². The van der Waals surface area contributed by atoms with E-state index in [4.69, 9.17) is 9.47 Å².